The number of hydrogen-bond donors (Lipinski definition) is 0. The number of carbonyl (C=O) groups excluding carboxylic acids is 1. The molecule has 0 bridgehead atoms. The summed E-state index contributed by atoms with van der Waals surface area (Å²) in [4.78, 5) is 13.9. The molecule has 8 heteroatoms. The van der Waals surface area contributed by atoms with Gasteiger partial charge in [-0.25, -0.2) is 0 Å². The standard InChI is InChI=1S/C22H24F3NO3S/c1-12-8-16(9-13(2)14(12)3)30-20-17-11-19(29-5)18(28-4)10-15(17)6-7-26(20)21(27)22(23,24)25/h8-11,20H,6-7H2,1-5H3. The second-order valence-corrected chi connectivity index (χ2v) is 8.46. The first-order chi connectivity index (χ1) is 14.1. The van der Waals surface area contributed by atoms with Crippen LogP contribution in [0.25, 0.3) is 0 Å². The van der Waals surface area contributed by atoms with Crippen molar-refractivity contribution in [3.8, 4) is 11.5 Å². The number of rotatable bonds is 4. The van der Waals surface area contributed by atoms with E-state index >= 15 is 0 Å². The van der Waals surface area contributed by atoms with E-state index in [2.05, 4.69) is 0 Å². The summed E-state index contributed by atoms with van der Waals surface area (Å²) in [6.45, 7) is 5.91. The lowest BCUT2D eigenvalue weighted by Crippen LogP contribution is -2.45. The number of halogens is 3. The number of amides is 1. The minimum Gasteiger partial charge on any atom is -0.493 e. The fraction of sp³-hybridized carbons (Fsp3) is 0.409. The molecule has 4 nitrogen and oxygen atoms in total. The number of alkyl halides is 3. The van der Waals surface area contributed by atoms with Crippen LogP contribution in [0.2, 0.25) is 0 Å². The van der Waals surface area contributed by atoms with Gasteiger partial charge in [0.25, 0.3) is 0 Å². The lowest BCUT2D eigenvalue weighted by molar-refractivity contribution is -0.186. The van der Waals surface area contributed by atoms with Crippen LogP contribution >= 0.6 is 11.8 Å². The monoisotopic (exact) mass is 439 g/mol. The summed E-state index contributed by atoms with van der Waals surface area (Å²) >= 11 is 1.24. The average molecular weight is 439 g/mol. The molecule has 0 saturated heterocycles. The van der Waals surface area contributed by atoms with Crippen molar-refractivity contribution in [1.29, 1.82) is 0 Å². The summed E-state index contributed by atoms with van der Waals surface area (Å²) in [5.41, 5.74) is 4.71. The molecule has 1 aliphatic heterocycles. The molecule has 2 aromatic rings. The van der Waals surface area contributed by atoms with E-state index in [1.807, 2.05) is 32.9 Å². The van der Waals surface area contributed by atoms with Crippen molar-refractivity contribution in [2.75, 3.05) is 20.8 Å². The van der Waals surface area contributed by atoms with Crippen LogP contribution in [0, 0.1) is 20.8 Å². The van der Waals surface area contributed by atoms with E-state index in [4.69, 9.17) is 9.47 Å². The maximum atomic E-state index is 13.3. The maximum absolute atomic E-state index is 13.3. The number of hydrogen-bond acceptors (Lipinski definition) is 4. The lowest BCUT2D eigenvalue weighted by Gasteiger charge is -2.37. The van der Waals surface area contributed by atoms with Crippen molar-refractivity contribution in [3.63, 3.8) is 0 Å². The van der Waals surface area contributed by atoms with Gasteiger partial charge in [-0.2, -0.15) is 13.2 Å². The largest absolute Gasteiger partial charge is 0.493 e. The normalized spacial score (nSPS) is 16.3. The molecule has 1 unspecified atom stereocenters. The smallest absolute Gasteiger partial charge is 0.471 e. The van der Waals surface area contributed by atoms with E-state index in [0.29, 0.717) is 23.5 Å². The first-order valence-corrected chi connectivity index (χ1v) is 10.3. The third-order valence-electron chi connectivity index (χ3n) is 5.47. The van der Waals surface area contributed by atoms with Crippen molar-refractivity contribution >= 4 is 17.7 Å². The Morgan fingerprint density at radius 2 is 1.60 bits per heavy atom. The molecule has 162 valence electrons. The van der Waals surface area contributed by atoms with Gasteiger partial charge < -0.3 is 14.4 Å². The van der Waals surface area contributed by atoms with Gasteiger partial charge in [0.15, 0.2) is 11.5 Å². The van der Waals surface area contributed by atoms with Gasteiger partial charge in [0.2, 0.25) is 0 Å². The van der Waals surface area contributed by atoms with Crippen LogP contribution in [-0.2, 0) is 11.2 Å². The van der Waals surface area contributed by atoms with Gasteiger partial charge in [-0.3, -0.25) is 4.79 Å². The van der Waals surface area contributed by atoms with E-state index in [1.165, 1.54) is 26.0 Å². The fourth-order valence-corrected chi connectivity index (χ4v) is 5.02. The number of fused-ring (bicyclic) bond motifs is 1. The Morgan fingerprint density at radius 3 is 2.13 bits per heavy atom. The molecule has 30 heavy (non-hydrogen) atoms. The summed E-state index contributed by atoms with van der Waals surface area (Å²) in [5, 5.41) is -0.829. The molecule has 0 radical (unpaired) electrons. The maximum Gasteiger partial charge on any atom is 0.471 e. The van der Waals surface area contributed by atoms with Gasteiger partial charge in [0.1, 0.15) is 5.37 Å². The Morgan fingerprint density at radius 1 is 1.03 bits per heavy atom. The number of thioether (sulfide) groups is 1. The molecule has 1 amide bonds. The highest BCUT2D eigenvalue weighted by molar-refractivity contribution is 7.99. The molecule has 0 N–H and O–H groups in total. The third-order valence-corrected chi connectivity index (χ3v) is 6.71. The summed E-state index contributed by atoms with van der Waals surface area (Å²) in [6, 6.07) is 7.34. The number of benzene rings is 2. The molecule has 0 spiro atoms. The van der Waals surface area contributed by atoms with Gasteiger partial charge in [0.05, 0.1) is 14.2 Å². The zero-order valence-corrected chi connectivity index (χ0v) is 18.3. The Hall–Kier alpha value is -2.35. The number of methoxy groups -OCH3 is 2. The molecular formula is C22H24F3NO3S. The van der Waals surface area contributed by atoms with E-state index in [-0.39, 0.29) is 6.54 Å². The number of aryl methyl sites for hydroxylation is 2. The van der Waals surface area contributed by atoms with E-state index < -0.39 is 17.5 Å². The summed E-state index contributed by atoms with van der Waals surface area (Å²) in [6.07, 6.45) is -4.63. The molecular weight excluding hydrogens is 415 g/mol. The van der Waals surface area contributed by atoms with Crippen LogP contribution in [0.3, 0.4) is 0 Å². The van der Waals surface area contributed by atoms with Crippen molar-refractivity contribution in [1.82, 2.24) is 4.90 Å². The number of ether oxygens (including phenoxy) is 2. The second-order valence-electron chi connectivity index (χ2n) is 7.30. The highest BCUT2D eigenvalue weighted by atomic mass is 32.2. The zero-order chi connectivity index (χ0) is 22.2. The van der Waals surface area contributed by atoms with Crippen LogP contribution < -0.4 is 9.47 Å². The second kappa shape index (κ2) is 8.41. The Bertz CT molecular complexity index is 952. The third kappa shape index (κ3) is 4.24. The summed E-state index contributed by atoms with van der Waals surface area (Å²) in [5.74, 6) is -0.905. The summed E-state index contributed by atoms with van der Waals surface area (Å²) < 4.78 is 50.7. The molecule has 0 fully saturated rings. The Kier molecular flexibility index (Phi) is 6.26. The Labute approximate surface area is 178 Å². The molecule has 0 aromatic heterocycles. The van der Waals surface area contributed by atoms with Crippen LogP contribution in [0.5, 0.6) is 11.5 Å². The number of nitrogens with zero attached hydrogens (tertiary/aromatic N) is 1. The Balaban J connectivity index is 2.11. The minimum atomic E-state index is -4.94. The van der Waals surface area contributed by atoms with Crippen molar-refractivity contribution < 1.29 is 27.4 Å². The molecule has 1 heterocycles. The van der Waals surface area contributed by atoms with Crippen molar-refractivity contribution in [2.24, 2.45) is 0 Å². The van der Waals surface area contributed by atoms with Crippen molar-refractivity contribution in [2.45, 2.75) is 43.6 Å². The fourth-order valence-electron chi connectivity index (χ4n) is 3.60. The number of carbonyl (C=O) groups is 1. The first-order valence-electron chi connectivity index (χ1n) is 9.44. The quantitative estimate of drug-likeness (QED) is 0.642. The molecule has 0 saturated carbocycles. The lowest BCUT2D eigenvalue weighted by atomic mass is 9.98. The highest BCUT2D eigenvalue weighted by Crippen LogP contribution is 2.47. The predicted molar refractivity (Wildman–Crippen MR) is 110 cm³/mol. The predicted octanol–water partition coefficient (Wildman–Crippen LogP) is 5.37. The molecule has 2 aromatic carbocycles. The van der Waals surface area contributed by atoms with Gasteiger partial charge in [0, 0.05) is 11.4 Å². The minimum absolute atomic E-state index is 0.0255. The molecule has 1 atom stereocenters. The highest BCUT2D eigenvalue weighted by Gasteiger charge is 2.46. The topological polar surface area (TPSA) is 38.8 Å². The van der Waals surface area contributed by atoms with Crippen LogP contribution in [0.4, 0.5) is 13.2 Å². The average Bonchev–Trinajstić information content (AvgIpc) is 2.69. The van der Waals surface area contributed by atoms with Gasteiger partial charge in [-0.15, -0.1) is 0 Å². The summed E-state index contributed by atoms with van der Waals surface area (Å²) in [7, 11) is 2.98. The SMILES string of the molecule is COc1cc2c(cc1OC)C(Sc1cc(C)c(C)c(C)c1)N(C(=O)C(F)(F)F)CC2. The van der Waals surface area contributed by atoms with Crippen molar-refractivity contribution in [3.05, 3.63) is 52.1 Å². The zero-order valence-electron chi connectivity index (χ0n) is 17.5. The van der Waals surface area contributed by atoms with Gasteiger partial charge in [-0.1, -0.05) is 11.8 Å². The molecule has 3 rings (SSSR count). The molecule has 1 aliphatic rings. The first kappa shape index (κ1) is 22.3. The molecule has 0 aliphatic carbocycles. The van der Waals surface area contributed by atoms with E-state index in [1.54, 1.807) is 12.1 Å². The van der Waals surface area contributed by atoms with E-state index in [9.17, 15) is 18.0 Å². The van der Waals surface area contributed by atoms with Crippen LogP contribution in [-0.4, -0.2) is 37.7 Å². The van der Waals surface area contributed by atoms with E-state index in [0.717, 1.165) is 32.0 Å². The van der Waals surface area contributed by atoms with Crippen LogP contribution in [0.15, 0.2) is 29.2 Å². The van der Waals surface area contributed by atoms with Gasteiger partial charge in [-0.05, 0) is 79.3 Å². The van der Waals surface area contributed by atoms with Crippen LogP contribution in [0.1, 0.15) is 33.2 Å². The van der Waals surface area contributed by atoms with Gasteiger partial charge >= 0.3 is 12.1 Å².